The Hall–Kier alpha value is -1.36. The number of carbonyl (C=O) groups is 1. The summed E-state index contributed by atoms with van der Waals surface area (Å²) in [6, 6.07) is 15.7. The number of anilines is 1. The molecule has 0 radical (unpaired) electrons. The highest BCUT2D eigenvalue weighted by Crippen LogP contribution is 2.20. The molecule has 2 nitrogen and oxygen atoms in total. The van der Waals surface area contributed by atoms with Crippen LogP contribution >= 0.6 is 22.6 Å². The summed E-state index contributed by atoms with van der Waals surface area (Å²) >= 11 is 2.19. The number of hydrogen-bond acceptors (Lipinski definition) is 1. The summed E-state index contributed by atoms with van der Waals surface area (Å²) in [5.74, 6) is -0.0426. The minimum Gasteiger partial charge on any atom is -0.322 e. The fourth-order valence-corrected chi connectivity index (χ4v) is 2.69. The summed E-state index contributed by atoms with van der Waals surface area (Å²) in [7, 11) is 0. The van der Waals surface area contributed by atoms with Gasteiger partial charge in [0.15, 0.2) is 0 Å². The van der Waals surface area contributed by atoms with Crippen molar-refractivity contribution in [1.29, 1.82) is 0 Å². The summed E-state index contributed by atoms with van der Waals surface area (Å²) in [6.07, 6.45) is 3.29. The van der Waals surface area contributed by atoms with Gasteiger partial charge in [0.1, 0.15) is 0 Å². The lowest BCUT2D eigenvalue weighted by molar-refractivity contribution is 0.102. The molecule has 1 N–H and O–H groups in total. The van der Waals surface area contributed by atoms with E-state index < -0.39 is 0 Å². The van der Waals surface area contributed by atoms with E-state index in [9.17, 15) is 4.79 Å². The van der Waals surface area contributed by atoms with Gasteiger partial charge in [0.25, 0.3) is 5.91 Å². The molecule has 3 heteroatoms. The first-order chi connectivity index (χ1) is 9.72. The van der Waals surface area contributed by atoms with Gasteiger partial charge in [-0.15, -0.1) is 0 Å². The van der Waals surface area contributed by atoms with Crippen LogP contribution in [0.25, 0.3) is 0 Å². The van der Waals surface area contributed by atoms with Crippen LogP contribution in [0.2, 0.25) is 0 Å². The molecule has 0 unspecified atom stereocenters. The molecule has 1 amide bonds. The first-order valence-corrected chi connectivity index (χ1v) is 7.94. The molecular weight excluding hydrogens is 361 g/mol. The van der Waals surface area contributed by atoms with Crippen molar-refractivity contribution < 1.29 is 4.79 Å². The van der Waals surface area contributed by atoms with Crippen LogP contribution in [-0.2, 0) is 6.42 Å². The summed E-state index contributed by atoms with van der Waals surface area (Å²) in [5, 5.41) is 3.03. The number of carbonyl (C=O) groups excluding carboxylic acids is 1. The number of benzene rings is 2. The Kier molecular flexibility index (Phi) is 5.59. The highest BCUT2D eigenvalue weighted by molar-refractivity contribution is 14.1. The van der Waals surface area contributed by atoms with Crippen LogP contribution in [0.4, 0.5) is 5.69 Å². The molecule has 0 spiro atoms. The van der Waals surface area contributed by atoms with E-state index in [1.807, 2.05) is 42.5 Å². The Morgan fingerprint density at radius 1 is 1.10 bits per heavy atom. The largest absolute Gasteiger partial charge is 0.322 e. The molecular formula is C17H18INO. The normalized spacial score (nSPS) is 10.3. The average molecular weight is 379 g/mol. The van der Waals surface area contributed by atoms with Crippen molar-refractivity contribution in [3.8, 4) is 0 Å². The molecule has 0 aliphatic carbocycles. The van der Waals surface area contributed by atoms with E-state index in [-0.39, 0.29) is 5.91 Å². The lowest BCUT2D eigenvalue weighted by Crippen LogP contribution is -2.14. The van der Waals surface area contributed by atoms with Gasteiger partial charge in [-0.1, -0.05) is 43.7 Å². The van der Waals surface area contributed by atoms with Gasteiger partial charge in [0.05, 0.1) is 5.56 Å². The molecule has 0 aliphatic rings. The second kappa shape index (κ2) is 7.43. The smallest absolute Gasteiger partial charge is 0.256 e. The molecule has 2 aromatic rings. The van der Waals surface area contributed by atoms with Crippen LogP contribution in [0, 0.1) is 3.57 Å². The van der Waals surface area contributed by atoms with E-state index >= 15 is 0 Å². The highest BCUT2D eigenvalue weighted by atomic mass is 127. The van der Waals surface area contributed by atoms with E-state index in [0.717, 1.165) is 34.1 Å². The third-order valence-electron chi connectivity index (χ3n) is 3.18. The van der Waals surface area contributed by atoms with Crippen LogP contribution in [0.3, 0.4) is 0 Å². The van der Waals surface area contributed by atoms with E-state index in [4.69, 9.17) is 0 Å². The minimum absolute atomic E-state index is 0.0426. The van der Waals surface area contributed by atoms with Crippen molar-refractivity contribution in [2.45, 2.75) is 26.2 Å². The van der Waals surface area contributed by atoms with Crippen LogP contribution in [0.1, 0.15) is 35.7 Å². The third kappa shape index (κ3) is 3.82. The predicted molar refractivity (Wildman–Crippen MR) is 92.2 cm³/mol. The predicted octanol–water partition coefficient (Wildman–Crippen LogP) is 4.89. The highest BCUT2D eigenvalue weighted by Gasteiger charge is 2.11. The molecule has 2 rings (SSSR count). The Bertz CT molecular complexity index is 595. The monoisotopic (exact) mass is 379 g/mol. The zero-order valence-corrected chi connectivity index (χ0v) is 13.7. The SMILES string of the molecule is CCCCc1ccccc1NC(=O)c1ccccc1I. The van der Waals surface area contributed by atoms with Crippen molar-refractivity contribution in [1.82, 2.24) is 0 Å². The number of unbranched alkanes of at least 4 members (excludes halogenated alkanes) is 1. The molecule has 0 heterocycles. The Balaban J connectivity index is 2.18. The fourth-order valence-electron chi connectivity index (χ4n) is 2.06. The van der Waals surface area contributed by atoms with E-state index in [0.29, 0.717) is 0 Å². The average Bonchev–Trinajstić information content (AvgIpc) is 2.46. The summed E-state index contributed by atoms with van der Waals surface area (Å²) in [6.45, 7) is 2.17. The first-order valence-electron chi connectivity index (χ1n) is 6.86. The maximum absolute atomic E-state index is 12.3. The Labute approximate surface area is 133 Å². The maximum atomic E-state index is 12.3. The first kappa shape index (κ1) is 15.0. The van der Waals surface area contributed by atoms with Crippen molar-refractivity contribution in [2.75, 3.05) is 5.32 Å². The number of hydrogen-bond donors (Lipinski definition) is 1. The topological polar surface area (TPSA) is 29.1 Å². The van der Waals surface area contributed by atoms with Crippen molar-refractivity contribution in [2.24, 2.45) is 0 Å². The summed E-state index contributed by atoms with van der Waals surface area (Å²) in [5.41, 5.74) is 2.85. The van der Waals surface area contributed by atoms with Crippen molar-refractivity contribution in [3.63, 3.8) is 0 Å². The zero-order chi connectivity index (χ0) is 14.4. The molecule has 2 aromatic carbocycles. The lowest BCUT2D eigenvalue weighted by Gasteiger charge is -2.11. The van der Waals surface area contributed by atoms with Gasteiger partial charge in [-0.05, 0) is 59.2 Å². The Morgan fingerprint density at radius 3 is 2.55 bits per heavy atom. The molecule has 0 saturated carbocycles. The van der Waals surface area contributed by atoms with E-state index in [1.54, 1.807) is 0 Å². The molecule has 0 bridgehead atoms. The van der Waals surface area contributed by atoms with Crippen LogP contribution < -0.4 is 5.32 Å². The number of aryl methyl sites for hydroxylation is 1. The zero-order valence-electron chi connectivity index (χ0n) is 11.5. The number of amides is 1. The quantitative estimate of drug-likeness (QED) is 0.737. The molecule has 0 atom stereocenters. The van der Waals surface area contributed by atoms with Gasteiger partial charge in [-0.25, -0.2) is 0 Å². The van der Waals surface area contributed by atoms with Crippen molar-refractivity contribution >= 4 is 34.2 Å². The van der Waals surface area contributed by atoms with Gasteiger partial charge in [-0.3, -0.25) is 4.79 Å². The molecule has 104 valence electrons. The maximum Gasteiger partial charge on any atom is 0.256 e. The van der Waals surface area contributed by atoms with Crippen LogP contribution in [0.5, 0.6) is 0 Å². The molecule has 0 saturated heterocycles. The number of para-hydroxylation sites is 1. The molecule has 0 fully saturated rings. The standard InChI is InChI=1S/C17H18INO/c1-2-3-8-13-9-4-7-12-16(13)19-17(20)14-10-5-6-11-15(14)18/h4-7,9-12H,2-3,8H2,1H3,(H,19,20). The molecule has 0 aliphatic heterocycles. The van der Waals surface area contributed by atoms with Crippen LogP contribution in [-0.4, -0.2) is 5.91 Å². The number of halogens is 1. The molecule has 0 aromatic heterocycles. The summed E-state index contributed by atoms with van der Waals surface area (Å²) in [4.78, 5) is 12.3. The van der Waals surface area contributed by atoms with E-state index in [2.05, 4.69) is 40.9 Å². The molecule has 20 heavy (non-hydrogen) atoms. The summed E-state index contributed by atoms with van der Waals surface area (Å²) < 4.78 is 0.966. The van der Waals surface area contributed by atoms with Gasteiger partial charge in [-0.2, -0.15) is 0 Å². The third-order valence-corrected chi connectivity index (χ3v) is 4.12. The fraction of sp³-hybridized carbons (Fsp3) is 0.235. The van der Waals surface area contributed by atoms with Gasteiger partial charge in [0, 0.05) is 9.26 Å². The van der Waals surface area contributed by atoms with Crippen molar-refractivity contribution in [3.05, 3.63) is 63.2 Å². The van der Waals surface area contributed by atoms with Gasteiger partial charge >= 0.3 is 0 Å². The van der Waals surface area contributed by atoms with Gasteiger partial charge < -0.3 is 5.32 Å². The number of nitrogens with one attached hydrogen (secondary N) is 1. The Morgan fingerprint density at radius 2 is 1.80 bits per heavy atom. The van der Waals surface area contributed by atoms with Crippen LogP contribution in [0.15, 0.2) is 48.5 Å². The second-order valence-electron chi connectivity index (χ2n) is 4.69. The lowest BCUT2D eigenvalue weighted by atomic mass is 10.1. The van der Waals surface area contributed by atoms with E-state index in [1.165, 1.54) is 5.56 Å². The number of rotatable bonds is 5. The second-order valence-corrected chi connectivity index (χ2v) is 5.86. The minimum atomic E-state index is -0.0426. The van der Waals surface area contributed by atoms with Gasteiger partial charge in [0.2, 0.25) is 0 Å².